The lowest BCUT2D eigenvalue weighted by atomic mass is 10.2. The van der Waals surface area contributed by atoms with E-state index in [0.717, 1.165) is 14.7 Å². The molecule has 1 amide bonds. The van der Waals surface area contributed by atoms with Crippen molar-refractivity contribution in [1.82, 2.24) is 19.6 Å². The van der Waals surface area contributed by atoms with Crippen molar-refractivity contribution >= 4 is 43.5 Å². The van der Waals surface area contributed by atoms with Crippen LogP contribution in [0.3, 0.4) is 0 Å². The summed E-state index contributed by atoms with van der Waals surface area (Å²) in [6, 6.07) is 7.16. The number of ether oxygens (including phenoxy) is 1. The number of carbonyl (C=O) groups is 1. The minimum absolute atomic E-state index is 0.142. The molecule has 0 saturated heterocycles. The number of benzene rings is 1. The number of nitrogens with one attached hydrogen (secondary N) is 1. The molecule has 0 aliphatic rings. The van der Waals surface area contributed by atoms with E-state index in [2.05, 4.69) is 47.4 Å². The normalized spacial score (nSPS) is 12.0. The van der Waals surface area contributed by atoms with Gasteiger partial charge in [-0.3, -0.25) is 9.48 Å². The molecule has 26 heavy (non-hydrogen) atoms. The van der Waals surface area contributed by atoms with Crippen LogP contribution in [0.4, 0.5) is 5.69 Å². The third-order valence-corrected chi connectivity index (χ3v) is 4.59. The second-order valence-corrected chi connectivity index (χ2v) is 7.38. The molecule has 7 nitrogen and oxygen atoms in total. The van der Waals surface area contributed by atoms with Crippen molar-refractivity contribution in [3.63, 3.8) is 0 Å². The number of carbonyl (C=O) groups excluding carboxylic acids is 1. The standard InChI is InChI=1S/C17H17Br2N5O2/c1-2-16(24-9-13(19)7-21-24)17(25)22-14-8-20-23(10-14)11-26-15-5-3-12(18)4-6-15/h3-10,16H,2,11H2,1H3,(H,22,25). The van der Waals surface area contributed by atoms with E-state index >= 15 is 0 Å². The molecule has 3 aromatic rings. The molecule has 0 bridgehead atoms. The van der Waals surface area contributed by atoms with Gasteiger partial charge < -0.3 is 10.1 Å². The van der Waals surface area contributed by atoms with E-state index in [1.165, 1.54) is 0 Å². The summed E-state index contributed by atoms with van der Waals surface area (Å²) in [5.41, 5.74) is 0.610. The van der Waals surface area contributed by atoms with Crippen LogP contribution >= 0.6 is 31.9 Å². The zero-order chi connectivity index (χ0) is 18.5. The monoisotopic (exact) mass is 481 g/mol. The Balaban J connectivity index is 1.58. The lowest BCUT2D eigenvalue weighted by Crippen LogP contribution is -2.25. The third-order valence-electron chi connectivity index (χ3n) is 3.66. The van der Waals surface area contributed by atoms with Crippen LogP contribution < -0.4 is 10.1 Å². The number of hydrogen-bond acceptors (Lipinski definition) is 4. The van der Waals surface area contributed by atoms with E-state index in [9.17, 15) is 4.79 Å². The van der Waals surface area contributed by atoms with E-state index in [1.807, 2.05) is 31.2 Å². The third kappa shape index (κ3) is 4.73. The van der Waals surface area contributed by atoms with Crippen LogP contribution in [0.25, 0.3) is 0 Å². The predicted molar refractivity (Wildman–Crippen MR) is 105 cm³/mol. The summed E-state index contributed by atoms with van der Waals surface area (Å²) in [7, 11) is 0. The summed E-state index contributed by atoms with van der Waals surface area (Å²) in [4.78, 5) is 12.5. The first-order valence-corrected chi connectivity index (χ1v) is 9.55. The summed E-state index contributed by atoms with van der Waals surface area (Å²) < 4.78 is 10.7. The average molecular weight is 483 g/mol. The molecule has 136 valence electrons. The van der Waals surface area contributed by atoms with Gasteiger partial charge in [0.05, 0.1) is 28.8 Å². The van der Waals surface area contributed by atoms with Crippen LogP contribution in [0, 0.1) is 0 Å². The van der Waals surface area contributed by atoms with Crippen molar-refractivity contribution in [3.8, 4) is 5.75 Å². The van der Waals surface area contributed by atoms with E-state index in [-0.39, 0.29) is 18.7 Å². The predicted octanol–water partition coefficient (Wildman–Crippen LogP) is 4.23. The zero-order valence-corrected chi connectivity index (χ0v) is 17.1. The fraction of sp³-hybridized carbons (Fsp3) is 0.235. The van der Waals surface area contributed by atoms with Gasteiger partial charge in [-0.1, -0.05) is 22.9 Å². The van der Waals surface area contributed by atoms with Crippen LogP contribution in [0.5, 0.6) is 5.75 Å². The molecule has 9 heteroatoms. The molecular weight excluding hydrogens is 466 g/mol. The Labute approximate surface area is 167 Å². The van der Waals surface area contributed by atoms with Crippen molar-refractivity contribution in [3.05, 3.63) is 58.0 Å². The molecule has 1 aromatic carbocycles. The number of nitrogens with zero attached hydrogens (tertiary/aromatic N) is 4. The number of amides is 1. The molecule has 2 aromatic heterocycles. The smallest absolute Gasteiger partial charge is 0.249 e. The Morgan fingerprint density at radius 1 is 1.15 bits per heavy atom. The molecule has 0 aliphatic heterocycles. The molecule has 0 saturated carbocycles. The Hall–Kier alpha value is -2.13. The molecule has 0 aliphatic carbocycles. The number of rotatable bonds is 7. The second kappa shape index (κ2) is 8.50. The van der Waals surface area contributed by atoms with Crippen LogP contribution in [0.1, 0.15) is 19.4 Å². The topological polar surface area (TPSA) is 74.0 Å². The van der Waals surface area contributed by atoms with Gasteiger partial charge in [0.2, 0.25) is 5.91 Å². The molecule has 1 N–H and O–H groups in total. The first kappa shape index (κ1) is 18.7. The lowest BCUT2D eigenvalue weighted by Gasteiger charge is -2.14. The van der Waals surface area contributed by atoms with Crippen molar-refractivity contribution in [2.45, 2.75) is 26.1 Å². The van der Waals surface area contributed by atoms with Gasteiger partial charge in [-0.05, 0) is 46.6 Å². The maximum Gasteiger partial charge on any atom is 0.249 e. The van der Waals surface area contributed by atoms with E-state index in [4.69, 9.17) is 4.74 Å². The Morgan fingerprint density at radius 3 is 2.58 bits per heavy atom. The van der Waals surface area contributed by atoms with Crippen molar-refractivity contribution in [2.75, 3.05) is 5.32 Å². The molecular formula is C17H17Br2N5O2. The molecule has 0 radical (unpaired) electrons. The summed E-state index contributed by atoms with van der Waals surface area (Å²) in [6.07, 6.45) is 7.38. The summed E-state index contributed by atoms with van der Waals surface area (Å²) in [5, 5.41) is 11.3. The highest BCUT2D eigenvalue weighted by molar-refractivity contribution is 9.10. The first-order valence-electron chi connectivity index (χ1n) is 7.96. The number of anilines is 1. The fourth-order valence-corrected chi connectivity index (χ4v) is 2.94. The zero-order valence-electron chi connectivity index (χ0n) is 14.0. The van der Waals surface area contributed by atoms with Gasteiger partial charge in [0.25, 0.3) is 0 Å². The summed E-state index contributed by atoms with van der Waals surface area (Å²) in [5.74, 6) is 0.598. The first-order chi connectivity index (χ1) is 12.5. The largest absolute Gasteiger partial charge is 0.471 e. The summed E-state index contributed by atoms with van der Waals surface area (Å²) in [6.45, 7) is 2.19. The van der Waals surface area contributed by atoms with Gasteiger partial charge in [-0.2, -0.15) is 10.2 Å². The van der Waals surface area contributed by atoms with Crippen LogP contribution in [-0.2, 0) is 11.5 Å². The molecule has 0 spiro atoms. The minimum atomic E-state index is -0.385. The Morgan fingerprint density at radius 2 is 1.92 bits per heavy atom. The van der Waals surface area contributed by atoms with Crippen molar-refractivity contribution < 1.29 is 9.53 Å². The van der Waals surface area contributed by atoms with Crippen LogP contribution in [-0.4, -0.2) is 25.5 Å². The van der Waals surface area contributed by atoms with E-state index in [1.54, 1.807) is 34.2 Å². The fourth-order valence-electron chi connectivity index (χ4n) is 2.37. The van der Waals surface area contributed by atoms with Gasteiger partial charge in [0.15, 0.2) is 6.73 Å². The number of aromatic nitrogens is 4. The van der Waals surface area contributed by atoms with Crippen molar-refractivity contribution in [2.24, 2.45) is 0 Å². The van der Waals surface area contributed by atoms with Gasteiger partial charge >= 0.3 is 0 Å². The Kier molecular flexibility index (Phi) is 6.10. The Bertz CT molecular complexity index is 875. The van der Waals surface area contributed by atoms with Gasteiger partial charge in [0, 0.05) is 10.7 Å². The quantitative estimate of drug-likeness (QED) is 0.546. The molecule has 2 heterocycles. The van der Waals surface area contributed by atoms with Gasteiger partial charge in [-0.25, -0.2) is 4.68 Å². The van der Waals surface area contributed by atoms with Gasteiger partial charge in [-0.15, -0.1) is 0 Å². The summed E-state index contributed by atoms with van der Waals surface area (Å²) >= 11 is 6.73. The van der Waals surface area contributed by atoms with Crippen LogP contribution in [0.2, 0.25) is 0 Å². The molecule has 1 unspecified atom stereocenters. The highest BCUT2D eigenvalue weighted by atomic mass is 79.9. The second-order valence-electron chi connectivity index (χ2n) is 5.55. The lowest BCUT2D eigenvalue weighted by molar-refractivity contribution is -0.119. The number of halogens is 2. The SMILES string of the molecule is CCC(C(=O)Nc1cnn(COc2ccc(Br)cc2)c1)n1cc(Br)cn1. The van der Waals surface area contributed by atoms with E-state index < -0.39 is 0 Å². The maximum atomic E-state index is 12.5. The molecule has 1 atom stereocenters. The van der Waals surface area contributed by atoms with E-state index in [0.29, 0.717) is 12.1 Å². The number of hydrogen-bond donors (Lipinski definition) is 1. The highest BCUT2D eigenvalue weighted by Crippen LogP contribution is 2.18. The average Bonchev–Trinajstić information content (AvgIpc) is 3.24. The van der Waals surface area contributed by atoms with Crippen molar-refractivity contribution in [1.29, 1.82) is 0 Å². The highest BCUT2D eigenvalue weighted by Gasteiger charge is 2.20. The maximum absolute atomic E-state index is 12.5. The van der Waals surface area contributed by atoms with Crippen LogP contribution in [0.15, 0.2) is 58.0 Å². The minimum Gasteiger partial charge on any atom is -0.471 e. The molecule has 0 fully saturated rings. The molecule has 3 rings (SSSR count). The van der Waals surface area contributed by atoms with Gasteiger partial charge in [0.1, 0.15) is 11.8 Å².